The number of amides is 7. The third-order valence-corrected chi connectivity index (χ3v) is 28.5. The minimum Gasteiger partial charge on any atom is -0.508 e. The zero-order chi connectivity index (χ0) is 101. The van der Waals surface area contributed by atoms with E-state index in [4.69, 9.17) is 71.6 Å². The maximum atomic E-state index is 17.0. The predicted molar refractivity (Wildman–Crippen MR) is 516 cm³/mol. The largest absolute Gasteiger partial charge is 0.508 e. The number of phenolic OH excluding ortho intramolecular Hbond substituents is 3. The van der Waals surface area contributed by atoms with Gasteiger partial charge in [-0.3, -0.25) is 43.7 Å². The summed E-state index contributed by atoms with van der Waals surface area (Å²) in [4.78, 5) is 143. The van der Waals surface area contributed by atoms with Crippen LogP contribution in [0.15, 0.2) is 91.0 Å². The third-order valence-electron chi connectivity index (χ3n) is 27.9. The van der Waals surface area contributed by atoms with Crippen molar-refractivity contribution in [3.8, 4) is 74.4 Å². The van der Waals surface area contributed by atoms with Crippen LogP contribution >= 0.6 is 23.2 Å². The van der Waals surface area contributed by atoms with Crippen molar-refractivity contribution in [1.82, 2.24) is 42.5 Å². The van der Waals surface area contributed by atoms with Crippen LogP contribution in [0.2, 0.25) is 10.0 Å². The predicted octanol–water partition coefficient (Wildman–Crippen LogP) is 9.47. The molecular formula is C102H132Cl2N10O27. The summed E-state index contributed by atoms with van der Waals surface area (Å²) in [5.74, 6) is -16.3. The lowest BCUT2D eigenvalue weighted by atomic mass is 9.51. The number of nitrogens with one attached hydrogen (secondary N) is 9. The van der Waals surface area contributed by atoms with Crippen molar-refractivity contribution < 1.29 is 132 Å². The molecule has 0 radical (unpaired) electrons. The normalized spacial score (nSPS) is 28.3. The number of carbonyl (C=O) groups is 9. The summed E-state index contributed by atoms with van der Waals surface area (Å²) in [5, 5.41) is 133. The van der Waals surface area contributed by atoms with E-state index >= 15 is 33.6 Å². The highest BCUT2D eigenvalue weighted by Gasteiger charge is 2.54. The van der Waals surface area contributed by atoms with E-state index < -0.39 is 233 Å². The second kappa shape index (κ2) is 47.3. The summed E-state index contributed by atoms with van der Waals surface area (Å²) in [7, 11) is 0. The molecule has 37 nitrogen and oxygen atoms in total. The number of anilines is 1. The van der Waals surface area contributed by atoms with E-state index in [1.54, 1.807) is 6.92 Å². The van der Waals surface area contributed by atoms with Gasteiger partial charge in [0.25, 0.3) is 0 Å². The molecule has 766 valence electrons. The van der Waals surface area contributed by atoms with Gasteiger partial charge in [0.1, 0.15) is 103 Å². The number of nitrogens with two attached hydrogens (primary N) is 1. The van der Waals surface area contributed by atoms with E-state index in [2.05, 4.69) is 47.9 Å². The average Bonchev–Trinajstić information content (AvgIpc) is 0.753. The molecule has 7 heterocycles. The van der Waals surface area contributed by atoms with E-state index in [1.165, 1.54) is 74.5 Å². The molecule has 6 aromatic carbocycles. The highest BCUT2D eigenvalue weighted by Crippen LogP contribution is 2.59. The SMILES string of the molecule is CCCNCCOc1cc(NC(=O)NC(=O)C[C@@H]2CC(=O)[C@H](NC(=O)[C@H](CC)CC(C)C)[C@H](O)c3ccc(c(Cl)c3)Oc3cc4cc(c3O[C@@H]3O[C@H](CO)[C@@H](O)[C@H](O)[C@H]3O[C@H]3C[C@](C)(N)[C@H](O)[C@H](C)O3)Oc3ccc(cc3Cl)[C@@H](O)[C@@H]3NC(=O)[C@H](CC(=O)[C@@H]4NC2=O)c2ccc(O)c(c2)-c2c(O)cc(O)cc2[C@@H](C(=O)CC2C4CC5CC(C4)CC2C5)NC3=O)cc(OCCNCCC)c1OCCNCCC. The van der Waals surface area contributed by atoms with Crippen LogP contribution in [-0.4, -0.2) is 231 Å². The lowest BCUT2D eigenvalue weighted by molar-refractivity contribution is -0.333. The average molecular weight is 2000 g/mol. The van der Waals surface area contributed by atoms with Gasteiger partial charge in [-0.2, -0.15) is 0 Å². The van der Waals surface area contributed by atoms with Crippen molar-refractivity contribution in [3.05, 3.63) is 129 Å². The number of benzene rings is 6. The first kappa shape index (κ1) is 106. The fourth-order valence-electron chi connectivity index (χ4n) is 20.9. The van der Waals surface area contributed by atoms with Gasteiger partial charge in [-0.1, -0.05) is 82.9 Å². The molecule has 4 saturated carbocycles. The number of halogens is 2. The first-order valence-electron chi connectivity index (χ1n) is 49.0. The van der Waals surface area contributed by atoms with Crippen molar-refractivity contribution in [2.45, 2.75) is 249 Å². The van der Waals surface area contributed by atoms with Crippen molar-refractivity contribution in [3.63, 3.8) is 0 Å². The number of ketones is 3. The number of hydrogen-bond acceptors (Lipinski definition) is 31. The molecule has 2 saturated heterocycles. The van der Waals surface area contributed by atoms with Crippen LogP contribution in [0.3, 0.4) is 0 Å². The Morgan fingerprint density at radius 3 is 1.79 bits per heavy atom. The van der Waals surface area contributed by atoms with Crippen LogP contribution in [0.1, 0.15) is 210 Å². The molecule has 7 aliphatic heterocycles. The number of carbonyl (C=O) groups excluding carboxylic acids is 9. The van der Waals surface area contributed by atoms with Gasteiger partial charge < -0.3 is 137 Å². The van der Waals surface area contributed by atoms with Crippen molar-refractivity contribution in [1.29, 1.82) is 0 Å². The number of fused-ring (bicyclic) bond motifs is 15. The zero-order valence-electron chi connectivity index (χ0n) is 80.3. The van der Waals surface area contributed by atoms with Crippen molar-refractivity contribution in [2.75, 3.05) is 71.0 Å². The Labute approximate surface area is 827 Å². The molecule has 0 aromatic heterocycles. The minimum atomic E-state index is -2.30. The number of phenols is 3. The van der Waals surface area contributed by atoms with E-state index in [-0.39, 0.29) is 136 Å². The highest BCUT2D eigenvalue weighted by molar-refractivity contribution is 6.32. The maximum Gasteiger partial charge on any atom is 0.325 e. The fraction of sp³-hybridized carbons (Fsp3) is 0.559. The molecule has 6 fully saturated rings. The molecule has 17 rings (SSSR count). The Hall–Kier alpha value is -10.6. The molecule has 39 heteroatoms. The molecule has 0 unspecified atom stereocenters. The Morgan fingerprint density at radius 1 is 0.617 bits per heavy atom. The summed E-state index contributed by atoms with van der Waals surface area (Å²) < 4.78 is 58.6. The van der Waals surface area contributed by atoms with E-state index in [9.17, 15) is 55.5 Å². The van der Waals surface area contributed by atoms with Gasteiger partial charge in [-0.15, -0.1) is 0 Å². The van der Waals surface area contributed by atoms with E-state index in [0.717, 1.165) is 81.7 Å². The van der Waals surface area contributed by atoms with Crippen LogP contribution in [0.4, 0.5) is 10.5 Å². The second-order valence-corrected chi connectivity index (χ2v) is 39.9. The second-order valence-electron chi connectivity index (χ2n) is 39.1. The molecule has 6 aromatic rings. The summed E-state index contributed by atoms with van der Waals surface area (Å²) in [6.45, 7) is 17.3. The van der Waals surface area contributed by atoms with Crippen molar-refractivity contribution in [2.24, 2.45) is 53.1 Å². The number of aromatic hydroxyl groups is 3. The van der Waals surface area contributed by atoms with Gasteiger partial charge in [0, 0.05) is 92.5 Å². The molecule has 15 bridgehead atoms. The van der Waals surface area contributed by atoms with Gasteiger partial charge >= 0.3 is 6.03 Å². The van der Waals surface area contributed by atoms with Crippen LogP contribution < -0.4 is 82.0 Å². The molecule has 11 aliphatic rings. The first-order valence-corrected chi connectivity index (χ1v) is 49.7. The molecule has 18 atom stereocenters. The van der Waals surface area contributed by atoms with Gasteiger partial charge in [0.2, 0.25) is 47.3 Å². The van der Waals surface area contributed by atoms with Crippen molar-refractivity contribution >= 4 is 81.8 Å². The zero-order valence-corrected chi connectivity index (χ0v) is 81.8. The number of aliphatic hydroxyl groups is 6. The van der Waals surface area contributed by atoms with Gasteiger partial charge in [-0.05, 0) is 216 Å². The topological polar surface area (TPSA) is 553 Å². The minimum absolute atomic E-state index is 0.0153. The molecule has 4 aliphatic carbocycles. The Kier molecular flexibility index (Phi) is 35.6. The Morgan fingerprint density at radius 2 is 1.21 bits per heavy atom. The fourth-order valence-corrected chi connectivity index (χ4v) is 21.4. The van der Waals surface area contributed by atoms with Gasteiger partial charge in [0.05, 0.1) is 46.4 Å². The molecule has 0 spiro atoms. The smallest absolute Gasteiger partial charge is 0.325 e. The van der Waals surface area contributed by atoms with Gasteiger partial charge in [-0.25, -0.2) is 4.79 Å². The molecule has 141 heavy (non-hydrogen) atoms. The lowest BCUT2D eigenvalue weighted by Gasteiger charge is -2.54. The lowest BCUT2D eigenvalue weighted by Crippen LogP contribution is -2.64. The summed E-state index contributed by atoms with van der Waals surface area (Å²) in [6, 6.07) is 8.66. The number of urea groups is 1. The number of imide groups is 1. The number of ether oxygens (including phenoxy) is 9. The monoisotopic (exact) mass is 2000 g/mol. The summed E-state index contributed by atoms with van der Waals surface area (Å²) >= 11 is 14.7. The summed E-state index contributed by atoms with van der Waals surface area (Å²) in [5.41, 5.74) is 3.48. The quantitative estimate of drug-likeness (QED) is 0.0167. The third kappa shape index (κ3) is 25.3. The van der Waals surface area contributed by atoms with Crippen LogP contribution in [0.5, 0.6) is 63.2 Å². The number of aliphatic hydroxyl groups excluding tert-OH is 6. The summed E-state index contributed by atoms with van der Waals surface area (Å²) in [6.07, 6.45) is -13.6. The van der Waals surface area contributed by atoms with Crippen LogP contribution in [0, 0.1) is 47.3 Å². The first-order chi connectivity index (χ1) is 67.4. The van der Waals surface area contributed by atoms with E-state index in [1.807, 2.05) is 34.6 Å². The Bertz CT molecular complexity index is 5450. The molecular weight excluding hydrogens is 1870 g/mol. The maximum absolute atomic E-state index is 17.0. The van der Waals surface area contributed by atoms with Crippen LogP contribution in [-0.2, 0) is 52.6 Å². The number of Topliss-reactive ketones (excluding diaryl/α,β-unsaturated/α-hetero) is 3. The number of rotatable bonds is 34. The highest BCUT2D eigenvalue weighted by atomic mass is 35.5. The standard InChI is InChI=1S/C102H132Cl2N10O27/c1-9-19-106-22-25-133-76-41-61(42-77(134-26-23-107-20-10-2)92(76)135-27-24-108-21-11-3)109-101(132)110-81(122)40-60-37-71(119)86(113-96(128)53(12-4)28-49(5)6)88(123)55-14-17-74(67(103)35-55)137-78-38-59-39-79(93(78)141-100-94(91(126)90(125)80(48-115)139-100)140-82-47-102(8,105)95(127)50(7)136-82)138-75-18-15-56(36-68(75)104)89(124)87-99(131)112-85(73(121)45-63-57-30-51-29-52(32-57)33-58(63)31-51)66-43-62(116)44-70(118)83(66)65-34-54(13-16-69(65)117)64(98(130)114-87)46-72(120)84(59)111-97(60)129/h13-18,34-36,38-39,41-44,49-53,57-58,60,63-64,80,82,84-91,94-95,100,106-108,115-118,123-127H,9-12,19-33,37,40,45-48,105H2,1-8H3,(H,111,129)(H,112,131)(H,113,128)(H,114,130)(H2,109,110,122,132)/t50-,51?,52?,53+,57?,58?,60-,63?,64+,80+,82-,84+,85-,86-,87-,88+,89+,90+,91-,94+,95+,100-,102-/m0/s1. The number of hydrogen-bond donors (Lipinski definition) is 19. The Balaban J connectivity index is 0.940. The van der Waals surface area contributed by atoms with Gasteiger partial charge in [0.15, 0.2) is 52.7 Å². The van der Waals surface area contributed by atoms with Crippen LogP contribution in [0.25, 0.3) is 11.1 Å². The van der Waals surface area contributed by atoms with E-state index in [0.29, 0.717) is 57.5 Å². The molecule has 7 amide bonds. The molecule has 20 N–H and O–H groups in total.